The molecule has 0 aromatic carbocycles. The molecule has 0 radical (unpaired) electrons. The maximum absolute atomic E-state index is 11.6. The molecule has 0 aromatic heterocycles. The number of aliphatic hydroxyl groups excluding tert-OH is 3. The van der Waals surface area contributed by atoms with E-state index in [0.717, 1.165) is 0 Å². The van der Waals surface area contributed by atoms with Crippen molar-refractivity contribution >= 4 is 5.97 Å². The van der Waals surface area contributed by atoms with Gasteiger partial charge in [0.2, 0.25) is 0 Å². The lowest BCUT2D eigenvalue weighted by molar-refractivity contribution is -0.142. The molecule has 5 nitrogen and oxygen atoms in total. The molecule has 1 heterocycles. The minimum absolute atomic E-state index is 0.00324. The number of aliphatic hydroxyl groups is 3. The van der Waals surface area contributed by atoms with Crippen molar-refractivity contribution in [2.24, 2.45) is 11.8 Å². The number of ether oxygens (including phenoxy) is 1. The normalized spacial score (nSPS) is 44.7. The van der Waals surface area contributed by atoms with Crippen LogP contribution in [0.4, 0.5) is 0 Å². The maximum atomic E-state index is 11.6. The largest absolute Gasteiger partial charge is 0.460 e. The standard InChI is InChI=1S/C16H24O5/c1-10-2-4-12(17)5-3-11-8-13(18)9-14(11)15(19)6-7-16(20)21-10/h3,5-7,10-15,17-19H,2,4,8-9H2,1H3/b5-3+,7-6+/t10-,11+,12+,13-,14+,15+/m0/s1. The molecule has 21 heavy (non-hydrogen) atoms. The van der Waals surface area contributed by atoms with Gasteiger partial charge in [0.25, 0.3) is 0 Å². The summed E-state index contributed by atoms with van der Waals surface area (Å²) >= 11 is 0. The first-order valence-corrected chi connectivity index (χ1v) is 7.57. The molecule has 0 unspecified atom stereocenters. The van der Waals surface area contributed by atoms with Crippen LogP contribution in [-0.4, -0.2) is 45.7 Å². The molecule has 1 aliphatic carbocycles. The Morgan fingerprint density at radius 1 is 1.10 bits per heavy atom. The van der Waals surface area contributed by atoms with Gasteiger partial charge in [0.15, 0.2) is 0 Å². The molecule has 0 saturated heterocycles. The van der Waals surface area contributed by atoms with Gasteiger partial charge in [0, 0.05) is 6.08 Å². The zero-order valence-electron chi connectivity index (χ0n) is 12.3. The Morgan fingerprint density at radius 3 is 2.62 bits per heavy atom. The number of cyclic esters (lactones) is 1. The van der Waals surface area contributed by atoms with E-state index in [-0.39, 0.29) is 17.9 Å². The van der Waals surface area contributed by atoms with Gasteiger partial charge in [0.05, 0.1) is 24.4 Å². The van der Waals surface area contributed by atoms with Crippen molar-refractivity contribution in [1.82, 2.24) is 0 Å². The summed E-state index contributed by atoms with van der Waals surface area (Å²) in [6.07, 6.45) is 6.30. The first kappa shape index (κ1) is 16.2. The van der Waals surface area contributed by atoms with Crippen molar-refractivity contribution in [3.63, 3.8) is 0 Å². The second kappa shape index (κ2) is 7.20. The van der Waals surface area contributed by atoms with E-state index < -0.39 is 24.3 Å². The molecule has 0 spiro atoms. The van der Waals surface area contributed by atoms with Gasteiger partial charge in [-0.3, -0.25) is 0 Å². The Hall–Kier alpha value is -1.17. The number of allylic oxidation sites excluding steroid dienone is 1. The van der Waals surface area contributed by atoms with E-state index in [1.807, 2.05) is 6.08 Å². The number of fused-ring (bicyclic) bond motifs is 1. The molecule has 2 aliphatic rings. The van der Waals surface area contributed by atoms with Crippen molar-refractivity contribution in [2.75, 3.05) is 0 Å². The Balaban J connectivity index is 2.16. The number of hydrogen-bond donors (Lipinski definition) is 3. The van der Waals surface area contributed by atoms with Gasteiger partial charge in [-0.1, -0.05) is 12.2 Å². The van der Waals surface area contributed by atoms with Crippen molar-refractivity contribution in [3.05, 3.63) is 24.3 Å². The molecule has 0 aromatic rings. The number of esters is 1. The van der Waals surface area contributed by atoms with Gasteiger partial charge in [-0.05, 0) is 50.5 Å². The van der Waals surface area contributed by atoms with Gasteiger partial charge in [-0.25, -0.2) is 4.79 Å². The summed E-state index contributed by atoms with van der Waals surface area (Å²) in [7, 11) is 0. The molecule has 1 fully saturated rings. The van der Waals surface area contributed by atoms with Crippen LogP contribution in [0.5, 0.6) is 0 Å². The first-order chi connectivity index (χ1) is 9.95. The number of hydrogen-bond acceptors (Lipinski definition) is 5. The molecule has 3 N–H and O–H groups in total. The van der Waals surface area contributed by atoms with Crippen LogP contribution in [0.15, 0.2) is 24.3 Å². The van der Waals surface area contributed by atoms with Crippen LogP contribution in [0.1, 0.15) is 32.6 Å². The average Bonchev–Trinajstić information content (AvgIpc) is 2.80. The van der Waals surface area contributed by atoms with Crippen molar-refractivity contribution in [3.8, 4) is 0 Å². The summed E-state index contributed by atoms with van der Waals surface area (Å²) < 4.78 is 5.17. The highest BCUT2D eigenvalue weighted by Gasteiger charge is 2.35. The Morgan fingerprint density at radius 2 is 1.86 bits per heavy atom. The fraction of sp³-hybridized carbons (Fsp3) is 0.688. The summed E-state index contributed by atoms with van der Waals surface area (Å²) in [4.78, 5) is 11.6. The predicted molar refractivity (Wildman–Crippen MR) is 77.3 cm³/mol. The van der Waals surface area contributed by atoms with Gasteiger partial charge in [-0.2, -0.15) is 0 Å². The molecule has 2 rings (SSSR count). The highest BCUT2D eigenvalue weighted by molar-refractivity contribution is 5.82. The summed E-state index contributed by atoms with van der Waals surface area (Å²) in [5.41, 5.74) is 0. The summed E-state index contributed by atoms with van der Waals surface area (Å²) in [5.74, 6) is -0.632. The van der Waals surface area contributed by atoms with Crippen LogP contribution in [0.3, 0.4) is 0 Å². The third-order valence-electron chi connectivity index (χ3n) is 4.27. The third kappa shape index (κ3) is 4.66. The summed E-state index contributed by atoms with van der Waals surface area (Å²) in [6, 6.07) is 0. The van der Waals surface area contributed by atoms with E-state index in [0.29, 0.717) is 25.7 Å². The Labute approximate surface area is 124 Å². The molecule has 6 atom stereocenters. The van der Waals surface area contributed by atoms with Crippen LogP contribution in [0.2, 0.25) is 0 Å². The second-order valence-corrected chi connectivity index (χ2v) is 6.08. The lowest BCUT2D eigenvalue weighted by Gasteiger charge is -2.20. The van der Waals surface area contributed by atoms with Gasteiger partial charge >= 0.3 is 5.97 Å². The topological polar surface area (TPSA) is 87.0 Å². The zero-order chi connectivity index (χ0) is 15.4. The number of carbonyl (C=O) groups is 1. The van der Waals surface area contributed by atoms with Gasteiger partial charge < -0.3 is 20.1 Å². The van der Waals surface area contributed by atoms with E-state index in [1.165, 1.54) is 12.2 Å². The summed E-state index contributed by atoms with van der Waals surface area (Å²) in [5, 5.41) is 29.9. The molecule has 118 valence electrons. The van der Waals surface area contributed by atoms with Crippen molar-refractivity contribution < 1.29 is 24.9 Å². The van der Waals surface area contributed by atoms with Gasteiger partial charge in [0.1, 0.15) is 0 Å². The highest BCUT2D eigenvalue weighted by atomic mass is 16.5. The molecular formula is C16H24O5. The quantitative estimate of drug-likeness (QED) is 0.457. The van der Waals surface area contributed by atoms with E-state index in [1.54, 1.807) is 13.0 Å². The fourth-order valence-electron chi connectivity index (χ4n) is 3.08. The maximum Gasteiger partial charge on any atom is 0.330 e. The first-order valence-electron chi connectivity index (χ1n) is 7.57. The smallest absolute Gasteiger partial charge is 0.330 e. The molecule has 1 saturated carbocycles. The van der Waals surface area contributed by atoms with Crippen LogP contribution in [0, 0.1) is 11.8 Å². The minimum atomic E-state index is -0.808. The Bertz CT molecular complexity index is 417. The van der Waals surface area contributed by atoms with Crippen LogP contribution in [0.25, 0.3) is 0 Å². The van der Waals surface area contributed by atoms with E-state index in [4.69, 9.17) is 4.74 Å². The van der Waals surface area contributed by atoms with Crippen LogP contribution in [-0.2, 0) is 9.53 Å². The Kier molecular flexibility index (Phi) is 5.56. The average molecular weight is 296 g/mol. The molecule has 1 aliphatic heterocycles. The van der Waals surface area contributed by atoms with Crippen molar-refractivity contribution in [2.45, 2.75) is 57.0 Å². The zero-order valence-corrected chi connectivity index (χ0v) is 12.3. The SMILES string of the molecule is C[C@H]1CC[C@@H](O)/C=C/[C@@H]2C[C@H](O)C[C@H]2[C@H](O)/C=C/C(=O)O1. The number of rotatable bonds is 0. The van der Waals surface area contributed by atoms with Crippen LogP contribution >= 0.6 is 0 Å². The predicted octanol–water partition coefficient (Wildman–Crippen LogP) is 0.933. The fourth-order valence-corrected chi connectivity index (χ4v) is 3.08. The van der Waals surface area contributed by atoms with E-state index >= 15 is 0 Å². The van der Waals surface area contributed by atoms with Crippen LogP contribution < -0.4 is 0 Å². The molecule has 0 bridgehead atoms. The third-order valence-corrected chi connectivity index (χ3v) is 4.27. The van der Waals surface area contributed by atoms with Crippen molar-refractivity contribution in [1.29, 1.82) is 0 Å². The monoisotopic (exact) mass is 296 g/mol. The summed E-state index contributed by atoms with van der Waals surface area (Å²) in [6.45, 7) is 1.78. The molecule has 0 amide bonds. The number of carbonyl (C=O) groups excluding carboxylic acids is 1. The van der Waals surface area contributed by atoms with Gasteiger partial charge in [-0.15, -0.1) is 0 Å². The lowest BCUT2D eigenvalue weighted by atomic mass is 9.89. The molecule has 5 heteroatoms. The van der Waals surface area contributed by atoms with E-state index in [9.17, 15) is 20.1 Å². The highest BCUT2D eigenvalue weighted by Crippen LogP contribution is 2.36. The lowest BCUT2D eigenvalue weighted by Crippen LogP contribution is -2.22. The molecular weight excluding hydrogens is 272 g/mol. The van der Waals surface area contributed by atoms with E-state index in [2.05, 4.69) is 0 Å². The second-order valence-electron chi connectivity index (χ2n) is 6.08. The minimum Gasteiger partial charge on any atom is -0.460 e.